The standard InChI is InChI=1S/C15H19NO3/c1-18-11-6-5-10-12(13(11)19-2)15(7-3-4-8-15)9-16-14(10)17/h5-6H,3-4,7-9H2,1-2H3,(H,16,17). The van der Waals surface area contributed by atoms with E-state index in [4.69, 9.17) is 9.47 Å². The molecule has 1 heterocycles. The van der Waals surface area contributed by atoms with Gasteiger partial charge >= 0.3 is 0 Å². The van der Waals surface area contributed by atoms with Gasteiger partial charge in [-0.05, 0) is 25.0 Å². The molecule has 1 aromatic rings. The van der Waals surface area contributed by atoms with E-state index in [0.29, 0.717) is 12.3 Å². The van der Waals surface area contributed by atoms with Crippen LogP contribution in [0.3, 0.4) is 0 Å². The molecule has 2 aliphatic rings. The number of carbonyl (C=O) groups excluding carboxylic acids is 1. The van der Waals surface area contributed by atoms with E-state index in [1.165, 1.54) is 12.8 Å². The van der Waals surface area contributed by atoms with Crippen molar-refractivity contribution >= 4 is 5.91 Å². The molecule has 0 bridgehead atoms. The Morgan fingerprint density at radius 3 is 2.53 bits per heavy atom. The molecule has 4 heteroatoms. The average molecular weight is 261 g/mol. The van der Waals surface area contributed by atoms with Crippen molar-refractivity contribution in [3.8, 4) is 11.5 Å². The van der Waals surface area contributed by atoms with Crippen LogP contribution in [0.4, 0.5) is 0 Å². The Morgan fingerprint density at radius 1 is 1.16 bits per heavy atom. The topological polar surface area (TPSA) is 47.6 Å². The molecule has 0 radical (unpaired) electrons. The first kappa shape index (κ1) is 12.3. The van der Waals surface area contributed by atoms with Gasteiger partial charge in [0.2, 0.25) is 0 Å². The van der Waals surface area contributed by atoms with Gasteiger partial charge in [-0.2, -0.15) is 0 Å². The summed E-state index contributed by atoms with van der Waals surface area (Å²) in [5, 5.41) is 3.02. The third kappa shape index (κ3) is 1.70. The van der Waals surface area contributed by atoms with Crippen molar-refractivity contribution in [2.24, 2.45) is 0 Å². The van der Waals surface area contributed by atoms with Gasteiger partial charge in [-0.25, -0.2) is 0 Å². The van der Waals surface area contributed by atoms with Crippen molar-refractivity contribution in [2.45, 2.75) is 31.1 Å². The number of rotatable bonds is 2. The van der Waals surface area contributed by atoms with Crippen LogP contribution in [0, 0.1) is 0 Å². The second-order valence-corrected chi connectivity index (χ2v) is 5.39. The average Bonchev–Trinajstić information content (AvgIpc) is 2.91. The minimum absolute atomic E-state index is 0.00604. The van der Waals surface area contributed by atoms with Gasteiger partial charge in [-0.1, -0.05) is 12.8 Å². The molecular formula is C15H19NO3. The molecule has 0 aromatic heterocycles. The van der Waals surface area contributed by atoms with Gasteiger partial charge in [0, 0.05) is 23.1 Å². The van der Waals surface area contributed by atoms with Crippen molar-refractivity contribution in [3.63, 3.8) is 0 Å². The van der Waals surface area contributed by atoms with Gasteiger partial charge < -0.3 is 14.8 Å². The van der Waals surface area contributed by atoms with E-state index < -0.39 is 0 Å². The second kappa shape index (κ2) is 4.44. The van der Waals surface area contributed by atoms with Gasteiger partial charge in [0.15, 0.2) is 11.5 Å². The van der Waals surface area contributed by atoms with Crippen LogP contribution in [0.2, 0.25) is 0 Å². The highest BCUT2D eigenvalue weighted by atomic mass is 16.5. The highest BCUT2D eigenvalue weighted by molar-refractivity contribution is 5.98. The normalized spacial score (nSPS) is 20.0. The number of hydrogen-bond acceptors (Lipinski definition) is 3. The predicted octanol–water partition coefficient (Wildman–Crippen LogP) is 2.26. The number of hydrogen-bond donors (Lipinski definition) is 1. The number of carbonyl (C=O) groups is 1. The molecule has 0 saturated heterocycles. The maximum absolute atomic E-state index is 12.1. The van der Waals surface area contributed by atoms with Crippen LogP contribution in [-0.2, 0) is 5.41 Å². The Bertz CT molecular complexity index is 518. The maximum Gasteiger partial charge on any atom is 0.251 e. The number of amides is 1. The van der Waals surface area contributed by atoms with Crippen LogP contribution in [0.15, 0.2) is 12.1 Å². The van der Waals surface area contributed by atoms with Crippen molar-refractivity contribution in [2.75, 3.05) is 20.8 Å². The molecule has 1 spiro atoms. The number of fused-ring (bicyclic) bond motifs is 2. The highest BCUT2D eigenvalue weighted by Gasteiger charge is 2.44. The van der Waals surface area contributed by atoms with Crippen molar-refractivity contribution < 1.29 is 14.3 Å². The Labute approximate surface area is 113 Å². The van der Waals surface area contributed by atoms with E-state index in [-0.39, 0.29) is 11.3 Å². The van der Waals surface area contributed by atoms with E-state index in [2.05, 4.69) is 5.32 Å². The number of nitrogens with one attached hydrogen (secondary N) is 1. The van der Waals surface area contributed by atoms with Gasteiger partial charge in [0.25, 0.3) is 5.91 Å². The Morgan fingerprint density at radius 2 is 1.89 bits per heavy atom. The van der Waals surface area contributed by atoms with E-state index in [0.717, 1.165) is 29.7 Å². The van der Waals surface area contributed by atoms with Crippen molar-refractivity contribution in [3.05, 3.63) is 23.3 Å². The quantitative estimate of drug-likeness (QED) is 0.888. The van der Waals surface area contributed by atoms with Crippen LogP contribution in [0.1, 0.15) is 41.6 Å². The summed E-state index contributed by atoms with van der Waals surface area (Å²) in [5.74, 6) is 1.44. The zero-order chi connectivity index (χ0) is 13.5. The summed E-state index contributed by atoms with van der Waals surface area (Å²) in [6, 6.07) is 3.66. The molecule has 3 rings (SSSR count). The number of benzene rings is 1. The van der Waals surface area contributed by atoms with Gasteiger partial charge in [0.1, 0.15) is 0 Å². The lowest BCUT2D eigenvalue weighted by Gasteiger charge is -2.37. The summed E-state index contributed by atoms with van der Waals surface area (Å²) in [4.78, 5) is 12.1. The third-order valence-electron chi connectivity index (χ3n) is 4.47. The van der Waals surface area contributed by atoms with E-state index in [1.54, 1.807) is 14.2 Å². The lowest BCUT2D eigenvalue weighted by Crippen LogP contribution is -2.45. The molecule has 4 nitrogen and oxygen atoms in total. The first-order chi connectivity index (χ1) is 9.22. The molecule has 1 aliphatic heterocycles. The molecule has 19 heavy (non-hydrogen) atoms. The van der Waals surface area contributed by atoms with Gasteiger partial charge in [-0.15, -0.1) is 0 Å². The van der Waals surface area contributed by atoms with Crippen molar-refractivity contribution in [1.29, 1.82) is 0 Å². The summed E-state index contributed by atoms with van der Waals surface area (Å²) < 4.78 is 10.9. The molecule has 0 atom stereocenters. The Balaban J connectivity index is 2.25. The summed E-state index contributed by atoms with van der Waals surface area (Å²) >= 11 is 0. The lowest BCUT2D eigenvalue weighted by molar-refractivity contribution is 0.0922. The fraction of sp³-hybridized carbons (Fsp3) is 0.533. The van der Waals surface area contributed by atoms with Gasteiger partial charge in [0.05, 0.1) is 14.2 Å². The maximum atomic E-state index is 12.1. The highest BCUT2D eigenvalue weighted by Crippen LogP contribution is 2.50. The monoisotopic (exact) mass is 261 g/mol. The second-order valence-electron chi connectivity index (χ2n) is 5.39. The zero-order valence-corrected chi connectivity index (χ0v) is 11.4. The molecule has 1 fully saturated rings. The fourth-order valence-corrected chi connectivity index (χ4v) is 3.55. The number of ether oxygens (including phenoxy) is 2. The van der Waals surface area contributed by atoms with Crippen LogP contribution in [0.25, 0.3) is 0 Å². The summed E-state index contributed by atoms with van der Waals surface area (Å²) in [5.41, 5.74) is 1.82. The first-order valence-corrected chi connectivity index (χ1v) is 6.75. The summed E-state index contributed by atoms with van der Waals surface area (Å²) in [6.45, 7) is 0.711. The van der Waals surface area contributed by atoms with Crippen molar-refractivity contribution in [1.82, 2.24) is 5.32 Å². The van der Waals surface area contributed by atoms with Crippen LogP contribution < -0.4 is 14.8 Å². The van der Waals surface area contributed by atoms with E-state index >= 15 is 0 Å². The summed E-state index contributed by atoms with van der Waals surface area (Å²) in [6.07, 6.45) is 4.61. The number of methoxy groups -OCH3 is 2. The van der Waals surface area contributed by atoms with Crippen LogP contribution in [-0.4, -0.2) is 26.7 Å². The third-order valence-corrected chi connectivity index (χ3v) is 4.47. The fourth-order valence-electron chi connectivity index (χ4n) is 3.55. The minimum Gasteiger partial charge on any atom is -0.493 e. The summed E-state index contributed by atoms with van der Waals surface area (Å²) in [7, 11) is 3.28. The SMILES string of the molecule is COc1ccc2c(c1OC)C1(CCCC1)CNC2=O. The molecule has 1 aromatic carbocycles. The molecule has 0 unspecified atom stereocenters. The Hall–Kier alpha value is -1.71. The van der Waals surface area contributed by atoms with Crippen LogP contribution >= 0.6 is 0 Å². The molecule has 102 valence electrons. The minimum atomic E-state index is -0.00604. The predicted molar refractivity (Wildman–Crippen MR) is 72.0 cm³/mol. The van der Waals surface area contributed by atoms with Gasteiger partial charge in [-0.3, -0.25) is 4.79 Å². The smallest absolute Gasteiger partial charge is 0.251 e. The van der Waals surface area contributed by atoms with E-state index in [1.807, 2.05) is 12.1 Å². The van der Waals surface area contributed by atoms with Crippen LogP contribution in [0.5, 0.6) is 11.5 Å². The molecule has 1 aliphatic carbocycles. The lowest BCUT2D eigenvalue weighted by atomic mass is 9.73. The molecule has 1 amide bonds. The zero-order valence-electron chi connectivity index (χ0n) is 11.4. The first-order valence-electron chi connectivity index (χ1n) is 6.75. The Kier molecular flexibility index (Phi) is 2.88. The molecular weight excluding hydrogens is 242 g/mol. The largest absolute Gasteiger partial charge is 0.493 e. The molecule has 1 saturated carbocycles. The van der Waals surface area contributed by atoms with E-state index in [9.17, 15) is 4.79 Å². The molecule has 1 N–H and O–H groups in total.